The highest BCUT2D eigenvalue weighted by molar-refractivity contribution is 9.10. The lowest BCUT2D eigenvalue weighted by Crippen LogP contribution is -2.34. The maximum atomic E-state index is 12.9. The van der Waals surface area contributed by atoms with Gasteiger partial charge in [0, 0.05) is 28.7 Å². The van der Waals surface area contributed by atoms with E-state index in [9.17, 15) is 9.59 Å². The van der Waals surface area contributed by atoms with E-state index in [0.717, 1.165) is 29.3 Å². The van der Waals surface area contributed by atoms with Crippen molar-refractivity contribution in [1.82, 2.24) is 10.6 Å². The number of amides is 2. The number of carbonyl (C=O) groups is 2. The van der Waals surface area contributed by atoms with Crippen molar-refractivity contribution in [3.63, 3.8) is 0 Å². The van der Waals surface area contributed by atoms with Gasteiger partial charge in [-0.05, 0) is 66.7 Å². The van der Waals surface area contributed by atoms with E-state index in [0.29, 0.717) is 35.7 Å². The number of unbranched alkanes of at least 4 members (excludes halogenated alkanes) is 1. The van der Waals surface area contributed by atoms with Crippen molar-refractivity contribution in [1.29, 1.82) is 0 Å². The van der Waals surface area contributed by atoms with Crippen LogP contribution in [0.5, 0.6) is 5.75 Å². The van der Waals surface area contributed by atoms with E-state index in [-0.39, 0.29) is 16.9 Å². The Labute approximate surface area is 219 Å². The van der Waals surface area contributed by atoms with Gasteiger partial charge in [0.05, 0.1) is 12.2 Å². The molecular weight excluding hydrogens is 526 g/mol. The highest BCUT2D eigenvalue weighted by Crippen LogP contribution is 2.23. The zero-order valence-electron chi connectivity index (χ0n) is 19.5. The van der Waals surface area contributed by atoms with Crippen LogP contribution < -0.4 is 20.7 Å². The van der Waals surface area contributed by atoms with Crippen LogP contribution in [0.2, 0.25) is 0 Å². The van der Waals surface area contributed by atoms with Gasteiger partial charge in [-0.15, -0.1) is 0 Å². The number of carbonyl (C=O) groups excluding carboxylic acids is 2. The molecule has 182 valence electrons. The van der Waals surface area contributed by atoms with Crippen LogP contribution in [0.3, 0.4) is 0 Å². The first-order valence-electron chi connectivity index (χ1n) is 11.4. The van der Waals surface area contributed by atoms with Crippen molar-refractivity contribution in [3.05, 3.63) is 94.0 Å². The largest absolute Gasteiger partial charge is 0.492 e. The molecule has 0 unspecified atom stereocenters. The van der Waals surface area contributed by atoms with Gasteiger partial charge >= 0.3 is 0 Å². The van der Waals surface area contributed by atoms with Crippen LogP contribution in [0.15, 0.2) is 77.3 Å². The molecule has 0 heterocycles. The summed E-state index contributed by atoms with van der Waals surface area (Å²) in [5, 5.41) is 8.69. The van der Waals surface area contributed by atoms with Gasteiger partial charge in [-0.1, -0.05) is 59.6 Å². The highest BCUT2D eigenvalue weighted by Gasteiger charge is 2.15. The van der Waals surface area contributed by atoms with E-state index in [2.05, 4.69) is 38.8 Å². The molecule has 0 aliphatic heterocycles. The molecule has 0 aliphatic rings. The van der Waals surface area contributed by atoms with Crippen LogP contribution >= 0.6 is 28.1 Å². The second-order valence-electron chi connectivity index (χ2n) is 7.82. The molecule has 0 radical (unpaired) electrons. The lowest BCUT2D eigenvalue weighted by Gasteiger charge is -2.14. The van der Waals surface area contributed by atoms with Gasteiger partial charge < -0.3 is 15.4 Å². The van der Waals surface area contributed by atoms with Crippen molar-refractivity contribution in [2.75, 3.05) is 18.5 Å². The third-order valence-electron chi connectivity index (χ3n) is 5.13. The van der Waals surface area contributed by atoms with Gasteiger partial charge in [0.2, 0.25) is 0 Å². The Balaban J connectivity index is 1.56. The van der Waals surface area contributed by atoms with E-state index < -0.39 is 0 Å². The van der Waals surface area contributed by atoms with Gasteiger partial charge in [0.15, 0.2) is 5.11 Å². The molecule has 2 amide bonds. The summed E-state index contributed by atoms with van der Waals surface area (Å²) in [5.41, 5.74) is 2.75. The summed E-state index contributed by atoms with van der Waals surface area (Å²) in [6, 6.07) is 22.2. The molecule has 3 rings (SSSR count). The number of benzene rings is 3. The zero-order chi connectivity index (χ0) is 25.0. The maximum absolute atomic E-state index is 12.9. The molecule has 0 fully saturated rings. The Morgan fingerprint density at radius 3 is 2.43 bits per heavy atom. The fraction of sp³-hybridized carbons (Fsp3) is 0.222. The molecular formula is C27H28BrN3O3S. The Hall–Kier alpha value is -3.23. The predicted octanol–water partition coefficient (Wildman–Crippen LogP) is 5.73. The topological polar surface area (TPSA) is 79.5 Å². The summed E-state index contributed by atoms with van der Waals surface area (Å²) < 4.78 is 6.66. The lowest BCUT2D eigenvalue weighted by molar-refractivity contribution is 0.0950. The Morgan fingerprint density at radius 1 is 0.971 bits per heavy atom. The van der Waals surface area contributed by atoms with Crippen LogP contribution in [-0.2, 0) is 6.42 Å². The second kappa shape index (κ2) is 13.6. The molecule has 8 heteroatoms. The Morgan fingerprint density at radius 2 is 1.71 bits per heavy atom. The zero-order valence-corrected chi connectivity index (χ0v) is 21.9. The van der Waals surface area contributed by atoms with Crippen LogP contribution in [0.4, 0.5) is 5.69 Å². The standard InChI is InChI=1S/C27H28BrN3O3S/c1-2-3-16-29-25(32)20-9-12-22(13-10-20)30-27(35)31-26(33)23-18-21(28)11-14-24(23)34-17-15-19-7-5-4-6-8-19/h4-14,18H,2-3,15-17H2,1H3,(H,29,32)(H2,30,31,33,35). The van der Waals surface area contributed by atoms with E-state index >= 15 is 0 Å². The first-order chi connectivity index (χ1) is 17.0. The Bertz CT molecular complexity index is 1150. The van der Waals surface area contributed by atoms with Crippen molar-refractivity contribution >= 4 is 50.8 Å². The van der Waals surface area contributed by atoms with Crippen LogP contribution in [0.25, 0.3) is 0 Å². The first-order valence-corrected chi connectivity index (χ1v) is 12.6. The number of halogens is 1. The number of thiocarbonyl (C=S) groups is 1. The second-order valence-corrected chi connectivity index (χ2v) is 9.14. The van der Waals surface area contributed by atoms with Crippen molar-refractivity contribution in [2.45, 2.75) is 26.2 Å². The average molecular weight is 555 g/mol. The SMILES string of the molecule is CCCCNC(=O)c1ccc(NC(=S)NC(=O)c2cc(Br)ccc2OCCc2ccccc2)cc1. The number of anilines is 1. The third kappa shape index (κ3) is 8.49. The summed E-state index contributed by atoms with van der Waals surface area (Å²) in [4.78, 5) is 25.1. The van der Waals surface area contributed by atoms with Crippen molar-refractivity contribution < 1.29 is 14.3 Å². The average Bonchev–Trinajstić information content (AvgIpc) is 2.86. The third-order valence-corrected chi connectivity index (χ3v) is 5.82. The molecule has 0 saturated carbocycles. The van der Waals surface area contributed by atoms with Gasteiger partial charge in [0.1, 0.15) is 5.75 Å². The minimum atomic E-state index is -0.384. The number of hydrogen-bond acceptors (Lipinski definition) is 4. The van der Waals surface area contributed by atoms with E-state index in [4.69, 9.17) is 17.0 Å². The number of nitrogens with one attached hydrogen (secondary N) is 3. The van der Waals surface area contributed by atoms with E-state index in [1.807, 2.05) is 36.4 Å². The first kappa shape index (κ1) is 26.4. The lowest BCUT2D eigenvalue weighted by atomic mass is 10.1. The molecule has 0 bridgehead atoms. The molecule has 6 nitrogen and oxygen atoms in total. The fourth-order valence-corrected chi connectivity index (χ4v) is 3.82. The van der Waals surface area contributed by atoms with E-state index in [1.54, 1.807) is 36.4 Å². The highest BCUT2D eigenvalue weighted by atomic mass is 79.9. The summed E-state index contributed by atoms with van der Waals surface area (Å²) >= 11 is 8.73. The predicted molar refractivity (Wildman–Crippen MR) is 147 cm³/mol. The monoisotopic (exact) mass is 553 g/mol. The van der Waals surface area contributed by atoms with Crippen molar-refractivity contribution in [3.8, 4) is 5.75 Å². The van der Waals surface area contributed by atoms with E-state index in [1.165, 1.54) is 0 Å². The number of ether oxygens (including phenoxy) is 1. The van der Waals surface area contributed by atoms with Crippen LogP contribution in [0, 0.1) is 0 Å². The normalized spacial score (nSPS) is 10.3. The molecule has 35 heavy (non-hydrogen) atoms. The summed E-state index contributed by atoms with van der Waals surface area (Å²) in [6.45, 7) is 3.16. The minimum absolute atomic E-state index is 0.115. The molecule has 0 aromatic heterocycles. The number of hydrogen-bond donors (Lipinski definition) is 3. The molecule has 3 aromatic carbocycles. The van der Waals surface area contributed by atoms with Gasteiger partial charge in [-0.25, -0.2) is 0 Å². The smallest absolute Gasteiger partial charge is 0.261 e. The molecule has 0 spiro atoms. The van der Waals surface area contributed by atoms with Crippen molar-refractivity contribution in [2.24, 2.45) is 0 Å². The quantitative estimate of drug-likeness (QED) is 0.221. The fourth-order valence-electron chi connectivity index (χ4n) is 3.25. The summed E-state index contributed by atoms with van der Waals surface area (Å²) in [6.07, 6.45) is 2.69. The molecule has 0 saturated heterocycles. The maximum Gasteiger partial charge on any atom is 0.261 e. The van der Waals surface area contributed by atoms with Gasteiger partial charge in [-0.3, -0.25) is 14.9 Å². The summed E-state index contributed by atoms with van der Waals surface area (Å²) in [5.74, 6) is -0.0244. The van der Waals surface area contributed by atoms with Gasteiger partial charge in [-0.2, -0.15) is 0 Å². The van der Waals surface area contributed by atoms with Crippen LogP contribution in [0.1, 0.15) is 46.0 Å². The van der Waals surface area contributed by atoms with Crippen LogP contribution in [-0.4, -0.2) is 30.1 Å². The number of rotatable bonds is 10. The molecule has 3 aromatic rings. The Kier molecular flexibility index (Phi) is 10.3. The molecule has 0 aliphatic carbocycles. The summed E-state index contributed by atoms with van der Waals surface area (Å²) in [7, 11) is 0. The molecule has 3 N–H and O–H groups in total. The molecule has 0 atom stereocenters. The van der Waals surface area contributed by atoms with Gasteiger partial charge in [0.25, 0.3) is 11.8 Å². The minimum Gasteiger partial charge on any atom is -0.492 e.